The van der Waals surface area contributed by atoms with Crippen molar-refractivity contribution >= 4 is 45.4 Å². The van der Waals surface area contributed by atoms with Gasteiger partial charge in [0.25, 0.3) is 0 Å². The molecular weight excluding hydrogens is 305 g/mol. The predicted octanol–water partition coefficient (Wildman–Crippen LogP) is 4.96. The van der Waals surface area contributed by atoms with Crippen molar-refractivity contribution in [2.75, 3.05) is 5.73 Å². The quantitative estimate of drug-likeness (QED) is 0.536. The molecule has 4 heteroatoms. The fraction of sp³-hybridized carbons (Fsp3) is 0. The van der Waals surface area contributed by atoms with Gasteiger partial charge in [-0.3, -0.25) is 4.79 Å². The number of nitrogen functional groups attached to an aromatic ring is 1. The van der Waals surface area contributed by atoms with Gasteiger partial charge in [0.05, 0.1) is 0 Å². The fourth-order valence-electron chi connectivity index (χ4n) is 2.35. The average Bonchev–Trinajstić information content (AvgIpc) is 2.47. The van der Waals surface area contributed by atoms with Gasteiger partial charge in [-0.1, -0.05) is 47.5 Å². The highest BCUT2D eigenvalue weighted by Gasteiger charge is 2.16. The largest absolute Gasteiger partial charge is 0.398 e. The number of carbonyl (C=O) groups excluding carboxylic acids is 1. The number of halogens is 2. The van der Waals surface area contributed by atoms with E-state index in [1.165, 1.54) is 0 Å². The Balaban J connectivity index is 2.21. The summed E-state index contributed by atoms with van der Waals surface area (Å²) in [6.45, 7) is 0. The lowest BCUT2D eigenvalue weighted by molar-refractivity contribution is 0.104. The van der Waals surface area contributed by atoms with Crippen LogP contribution in [0.1, 0.15) is 15.9 Å². The van der Waals surface area contributed by atoms with E-state index in [4.69, 9.17) is 28.9 Å². The van der Waals surface area contributed by atoms with Crippen LogP contribution in [0.4, 0.5) is 5.69 Å². The van der Waals surface area contributed by atoms with Gasteiger partial charge in [0.2, 0.25) is 0 Å². The highest BCUT2D eigenvalue weighted by molar-refractivity contribution is 6.36. The van der Waals surface area contributed by atoms with E-state index in [-0.39, 0.29) is 5.78 Å². The van der Waals surface area contributed by atoms with E-state index < -0.39 is 0 Å². The molecule has 2 N–H and O–H groups in total. The molecule has 0 aliphatic carbocycles. The van der Waals surface area contributed by atoms with Crippen molar-refractivity contribution < 1.29 is 4.79 Å². The molecule has 0 heterocycles. The Morgan fingerprint density at radius 2 is 1.52 bits per heavy atom. The molecule has 3 aromatic rings. The van der Waals surface area contributed by atoms with Crippen molar-refractivity contribution in [2.24, 2.45) is 0 Å². The van der Waals surface area contributed by atoms with Gasteiger partial charge < -0.3 is 5.73 Å². The van der Waals surface area contributed by atoms with Crippen LogP contribution in [0.15, 0.2) is 54.6 Å². The number of hydrogen-bond acceptors (Lipinski definition) is 2. The standard InChI is InChI=1S/C17H11Cl2NO/c18-10-5-6-14(16(20)9-10)17(21)13-7-8-15(19)12-4-2-1-3-11(12)13/h1-9H,20H2. The second-order valence-electron chi connectivity index (χ2n) is 4.70. The summed E-state index contributed by atoms with van der Waals surface area (Å²) in [4.78, 5) is 12.7. The minimum Gasteiger partial charge on any atom is -0.398 e. The first-order valence-corrected chi connectivity index (χ1v) is 7.10. The summed E-state index contributed by atoms with van der Waals surface area (Å²) < 4.78 is 0. The zero-order chi connectivity index (χ0) is 15.0. The topological polar surface area (TPSA) is 43.1 Å². The molecule has 21 heavy (non-hydrogen) atoms. The lowest BCUT2D eigenvalue weighted by Crippen LogP contribution is -2.06. The normalized spacial score (nSPS) is 10.8. The predicted molar refractivity (Wildman–Crippen MR) is 88.3 cm³/mol. The highest BCUT2D eigenvalue weighted by Crippen LogP contribution is 2.29. The third kappa shape index (κ3) is 2.48. The van der Waals surface area contributed by atoms with Crippen LogP contribution in [0.25, 0.3) is 10.8 Å². The monoisotopic (exact) mass is 315 g/mol. The minimum absolute atomic E-state index is 0.142. The molecule has 0 aliphatic heterocycles. The Bertz CT molecular complexity index is 859. The van der Waals surface area contributed by atoms with Gasteiger partial charge in [-0.15, -0.1) is 0 Å². The van der Waals surface area contributed by atoms with Crippen LogP contribution in [-0.4, -0.2) is 5.78 Å². The Hall–Kier alpha value is -2.03. The number of carbonyl (C=O) groups is 1. The molecule has 0 amide bonds. The molecule has 0 aromatic heterocycles. The maximum absolute atomic E-state index is 12.7. The third-order valence-electron chi connectivity index (χ3n) is 3.37. The number of nitrogens with two attached hydrogens (primary N) is 1. The molecule has 3 rings (SSSR count). The van der Waals surface area contributed by atoms with Crippen LogP contribution in [0.5, 0.6) is 0 Å². The fourth-order valence-corrected chi connectivity index (χ4v) is 2.75. The summed E-state index contributed by atoms with van der Waals surface area (Å²) >= 11 is 12.1. The number of anilines is 1. The third-order valence-corrected chi connectivity index (χ3v) is 3.94. The van der Waals surface area contributed by atoms with Gasteiger partial charge in [-0.05, 0) is 35.7 Å². The van der Waals surface area contributed by atoms with Gasteiger partial charge in [0, 0.05) is 32.2 Å². The Morgan fingerprint density at radius 3 is 2.24 bits per heavy atom. The number of hydrogen-bond donors (Lipinski definition) is 1. The summed E-state index contributed by atoms with van der Waals surface area (Å²) in [7, 11) is 0. The average molecular weight is 316 g/mol. The molecule has 0 aliphatic rings. The summed E-state index contributed by atoms with van der Waals surface area (Å²) in [5.41, 5.74) is 7.28. The molecule has 2 nitrogen and oxygen atoms in total. The van der Waals surface area contributed by atoms with Crippen molar-refractivity contribution in [3.63, 3.8) is 0 Å². The molecule has 0 saturated carbocycles. The first-order chi connectivity index (χ1) is 10.1. The Labute approximate surface area is 132 Å². The summed E-state index contributed by atoms with van der Waals surface area (Å²) in [6, 6.07) is 15.9. The van der Waals surface area contributed by atoms with Gasteiger partial charge >= 0.3 is 0 Å². The van der Waals surface area contributed by atoms with Crippen LogP contribution in [0.3, 0.4) is 0 Å². The van der Waals surface area contributed by atoms with Crippen molar-refractivity contribution in [1.82, 2.24) is 0 Å². The molecule has 0 spiro atoms. The van der Waals surface area contributed by atoms with Gasteiger partial charge in [0.1, 0.15) is 0 Å². The lowest BCUT2D eigenvalue weighted by Gasteiger charge is -2.09. The van der Waals surface area contributed by atoms with Crippen LogP contribution in [0.2, 0.25) is 10.0 Å². The molecule has 0 atom stereocenters. The molecule has 104 valence electrons. The number of benzene rings is 3. The van der Waals surface area contributed by atoms with Gasteiger partial charge in [0.15, 0.2) is 5.78 Å². The van der Waals surface area contributed by atoms with E-state index in [1.807, 2.05) is 24.3 Å². The van der Waals surface area contributed by atoms with E-state index in [2.05, 4.69) is 0 Å². The zero-order valence-electron chi connectivity index (χ0n) is 10.9. The second-order valence-corrected chi connectivity index (χ2v) is 5.54. The summed E-state index contributed by atoms with van der Waals surface area (Å²) in [6.07, 6.45) is 0. The van der Waals surface area contributed by atoms with Crippen LogP contribution >= 0.6 is 23.2 Å². The van der Waals surface area contributed by atoms with Crippen molar-refractivity contribution in [2.45, 2.75) is 0 Å². The van der Waals surface area contributed by atoms with Crippen molar-refractivity contribution in [3.8, 4) is 0 Å². The van der Waals surface area contributed by atoms with E-state index >= 15 is 0 Å². The maximum Gasteiger partial charge on any atom is 0.195 e. The van der Waals surface area contributed by atoms with Crippen molar-refractivity contribution in [1.29, 1.82) is 0 Å². The molecule has 3 aromatic carbocycles. The molecule has 0 bridgehead atoms. The number of ketones is 1. The Kier molecular flexibility index (Phi) is 3.58. The van der Waals surface area contributed by atoms with Gasteiger partial charge in [-0.25, -0.2) is 0 Å². The van der Waals surface area contributed by atoms with Crippen LogP contribution in [0, 0.1) is 0 Å². The smallest absolute Gasteiger partial charge is 0.195 e. The van der Waals surface area contributed by atoms with Gasteiger partial charge in [-0.2, -0.15) is 0 Å². The molecular formula is C17H11Cl2NO. The van der Waals surface area contributed by atoms with E-state index in [1.54, 1.807) is 30.3 Å². The number of rotatable bonds is 2. The lowest BCUT2D eigenvalue weighted by atomic mass is 9.96. The molecule has 0 unspecified atom stereocenters. The molecule has 0 fully saturated rings. The molecule has 0 saturated heterocycles. The zero-order valence-corrected chi connectivity index (χ0v) is 12.4. The SMILES string of the molecule is Nc1cc(Cl)ccc1C(=O)c1ccc(Cl)c2ccccc12. The first kappa shape index (κ1) is 13.9. The Morgan fingerprint density at radius 1 is 0.857 bits per heavy atom. The van der Waals surface area contributed by atoms with Crippen LogP contribution in [-0.2, 0) is 0 Å². The van der Waals surface area contributed by atoms with E-state index in [9.17, 15) is 4.79 Å². The van der Waals surface area contributed by atoms with Crippen LogP contribution < -0.4 is 5.73 Å². The summed E-state index contributed by atoms with van der Waals surface area (Å²) in [5, 5.41) is 2.78. The maximum atomic E-state index is 12.7. The summed E-state index contributed by atoms with van der Waals surface area (Å²) in [5.74, 6) is -0.142. The first-order valence-electron chi connectivity index (χ1n) is 6.35. The van der Waals surface area contributed by atoms with E-state index in [0.717, 1.165) is 10.8 Å². The highest BCUT2D eigenvalue weighted by atomic mass is 35.5. The van der Waals surface area contributed by atoms with E-state index in [0.29, 0.717) is 26.9 Å². The molecule has 0 radical (unpaired) electrons. The van der Waals surface area contributed by atoms with Crippen molar-refractivity contribution in [3.05, 3.63) is 75.8 Å². The minimum atomic E-state index is -0.142. The number of fused-ring (bicyclic) bond motifs is 1. The second kappa shape index (κ2) is 5.40.